The van der Waals surface area contributed by atoms with Gasteiger partial charge in [0.25, 0.3) is 0 Å². The molecule has 0 fully saturated rings. The largest absolute Gasteiger partial charge is 0.411 e. The average molecular weight is 287 g/mol. The summed E-state index contributed by atoms with van der Waals surface area (Å²) in [6.45, 7) is 0.332. The quantitative estimate of drug-likeness (QED) is 0.457. The van der Waals surface area contributed by atoms with Crippen molar-refractivity contribution in [3.63, 3.8) is 0 Å². The van der Waals surface area contributed by atoms with Crippen LogP contribution in [0.2, 0.25) is 5.02 Å². The van der Waals surface area contributed by atoms with Crippen molar-refractivity contribution in [1.29, 1.82) is 0 Å². The maximum Gasteiger partial charge on any atom is 0.113 e. The molecule has 6 heteroatoms. The lowest BCUT2D eigenvalue weighted by atomic mass is 10.1. The molecule has 0 aliphatic carbocycles. The molecule has 0 spiro atoms. The van der Waals surface area contributed by atoms with Gasteiger partial charge in [-0.3, -0.25) is 0 Å². The molecule has 0 saturated carbocycles. The van der Waals surface area contributed by atoms with E-state index in [0.29, 0.717) is 17.3 Å². The second-order valence-corrected chi connectivity index (χ2v) is 4.73. The van der Waals surface area contributed by atoms with E-state index in [1.165, 1.54) is 0 Å². The molecular weight excluding hydrogens is 276 g/mol. The molecule has 0 aliphatic heterocycles. The molecule has 0 amide bonds. The Morgan fingerprint density at radius 1 is 1.15 bits per heavy atom. The van der Waals surface area contributed by atoms with E-state index in [1.54, 1.807) is 28.9 Å². The number of nitrogens with zero attached hydrogens (tertiary/aromatic N) is 4. The molecule has 1 N–H and O–H groups in total. The van der Waals surface area contributed by atoms with Gasteiger partial charge in [0.05, 0.1) is 12.1 Å². The van der Waals surface area contributed by atoms with Crippen molar-refractivity contribution in [2.75, 3.05) is 0 Å². The Balaban J connectivity index is 1.94. The molecule has 3 aromatic rings. The van der Waals surface area contributed by atoms with Gasteiger partial charge in [-0.1, -0.05) is 46.2 Å². The molecular formula is C14H11ClN4O. The molecule has 0 radical (unpaired) electrons. The monoisotopic (exact) mass is 286 g/mol. The normalized spacial score (nSPS) is 11.9. The van der Waals surface area contributed by atoms with Crippen LogP contribution in [0.3, 0.4) is 0 Å². The summed E-state index contributed by atoms with van der Waals surface area (Å²) in [6, 6.07) is 14.7. The van der Waals surface area contributed by atoms with Crippen LogP contribution in [-0.4, -0.2) is 25.9 Å². The predicted molar refractivity (Wildman–Crippen MR) is 77.3 cm³/mol. The number of para-hydroxylation sites is 1. The lowest BCUT2D eigenvalue weighted by Crippen LogP contribution is -2.13. The van der Waals surface area contributed by atoms with Crippen LogP contribution in [0.5, 0.6) is 0 Å². The zero-order valence-corrected chi connectivity index (χ0v) is 11.2. The Morgan fingerprint density at radius 3 is 2.65 bits per heavy atom. The van der Waals surface area contributed by atoms with Gasteiger partial charge in [0.2, 0.25) is 0 Å². The Bertz CT molecular complexity index is 764. The number of benzene rings is 2. The molecule has 5 nitrogen and oxygen atoms in total. The average Bonchev–Trinajstić information content (AvgIpc) is 2.89. The van der Waals surface area contributed by atoms with E-state index < -0.39 is 0 Å². The van der Waals surface area contributed by atoms with Crippen molar-refractivity contribution in [2.24, 2.45) is 5.16 Å². The molecule has 1 heterocycles. The van der Waals surface area contributed by atoms with Gasteiger partial charge < -0.3 is 5.21 Å². The first-order valence-electron chi connectivity index (χ1n) is 6.03. The van der Waals surface area contributed by atoms with Gasteiger partial charge in [0.1, 0.15) is 11.2 Å². The van der Waals surface area contributed by atoms with E-state index >= 15 is 0 Å². The van der Waals surface area contributed by atoms with E-state index in [-0.39, 0.29) is 0 Å². The molecule has 0 aliphatic rings. The first-order valence-corrected chi connectivity index (χ1v) is 6.41. The van der Waals surface area contributed by atoms with Crippen molar-refractivity contribution in [1.82, 2.24) is 15.0 Å². The van der Waals surface area contributed by atoms with E-state index in [2.05, 4.69) is 15.5 Å². The zero-order valence-electron chi connectivity index (χ0n) is 10.4. The molecule has 100 valence electrons. The van der Waals surface area contributed by atoms with Gasteiger partial charge in [0, 0.05) is 10.6 Å². The third-order valence-corrected chi connectivity index (χ3v) is 3.27. The zero-order chi connectivity index (χ0) is 13.9. The van der Waals surface area contributed by atoms with Crippen LogP contribution in [0.15, 0.2) is 53.7 Å². The third kappa shape index (κ3) is 2.35. The van der Waals surface area contributed by atoms with Gasteiger partial charge in [0.15, 0.2) is 0 Å². The topological polar surface area (TPSA) is 63.3 Å². The van der Waals surface area contributed by atoms with Gasteiger partial charge in [-0.15, -0.1) is 5.10 Å². The van der Waals surface area contributed by atoms with Crippen molar-refractivity contribution in [3.05, 3.63) is 59.1 Å². The second kappa shape index (κ2) is 5.30. The summed E-state index contributed by atoms with van der Waals surface area (Å²) >= 11 is 5.85. The maximum atomic E-state index is 9.21. The summed E-state index contributed by atoms with van der Waals surface area (Å²) in [5.41, 5.74) is 2.98. The standard InChI is InChI=1S/C14H11ClN4O/c15-11-7-5-10(6-8-11)13(17-20)9-19-14-4-2-1-3-12(14)16-18-19/h1-8,20H,9H2. The fourth-order valence-electron chi connectivity index (χ4n) is 2.00. The minimum absolute atomic E-state index is 0.332. The predicted octanol–water partition coefficient (Wildman–Crippen LogP) is 2.96. The van der Waals surface area contributed by atoms with Crippen LogP contribution in [0.25, 0.3) is 11.0 Å². The minimum atomic E-state index is 0.332. The number of hydrogen-bond acceptors (Lipinski definition) is 4. The van der Waals surface area contributed by atoms with E-state index in [9.17, 15) is 5.21 Å². The van der Waals surface area contributed by atoms with Crippen LogP contribution < -0.4 is 0 Å². The highest BCUT2D eigenvalue weighted by atomic mass is 35.5. The Morgan fingerprint density at radius 2 is 1.90 bits per heavy atom. The van der Waals surface area contributed by atoms with Crippen LogP contribution in [0, 0.1) is 0 Å². The van der Waals surface area contributed by atoms with Crippen molar-refractivity contribution in [3.8, 4) is 0 Å². The molecule has 0 saturated heterocycles. The van der Waals surface area contributed by atoms with Crippen LogP contribution in [0.4, 0.5) is 0 Å². The summed E-state index contributed by atoms with van der Waals surface area (Å²) in [7, 11) is 0. The number of oxime groups is 1. The fourth-order valence-corrected chi connectivity index (χ4v) is 2.12. The Hall–Kier alpha value is -2.40. The summed E-state index contributed by atoms with van der Waals surface area (Å²) in [5.74, 6) is 0. The highest BCUT2D eigenvalue weighted by molar-refractivity contribution is 6.30. The first kappa shape index (κ1) is 12.6. The summed E-state index contributed by atoms with van der Waals surface area (Å²) in [6.07, 6.45) is 0. The van der Waals surface area contributed by atoms with Crippen molar-refractivity contribution in [2.45, 2.75) is 6.54 Å². The summed E-state index contributed by atoms with van der Waals surface area (Å²) < 4.78 is 1.69. The summed E-state index contributed by atoms with van der Waals surface area (Å²) in [5, 5.41) is 21.3. The Labute approximate surface area is 120 Å². The van der Waals surface area contributed by atoms with Gasteiger partial charge >= 0.3 is 0 Å². The maximum absolute atomic E-state index is 9.21. The molecule has 20 heavy (non-hydrogen) atoms. The molecule has 0 unspecified atom stereocenters. The number of rotatable bonds is 3. The third-order valence-electron chi connectivity index (χ3n) is 3.02. The highest BCUT2D eigenvalue weighted by Gasteiger charge is 2.09. The van der Waals surface area contributed by atoms with Crippen LogP contribution in [-0.2, 0) is 6.54 Å². The minimum Gasteiger partial charge on any atom is -0.411 e. The van der Waals surface area contributed by atoms with Gasteiger partial charge in [-0.2, -0.15) is 0 Å². The molecule has 0 atom stereocenters. The van der Waals surface area contributed by atoms with Gasteiger partial charge in [-0.05, 0) is 24.3 Å². The SMILES string of the molecule is ON=C(Cn1nnc2ccccc21)c1ccc(Cl)cc1. The second-order valence-electron chi connectivity index (χ2n) is 4.29. The molecule has 3 rings (SSSR count). The number of fused-ring (bicyclic) bond motifs is 1. The van der Waals surface area contributed by atoms with E-state index in [0.717, 1.165) is 16.6 Å². The van der Waals surface area contributed by atoms with Gasteiger partial charge in [-0.25, -0.2) is 4.68 Å². The lowest BCUT2D eigenvalue weighted by Gasteiger charge is -2.05. The number of hydrogen-bond donors (Lipinski definition) is 1. The first-order chi connectivity index (χ1) is 9.78. The molecule has 0 bridgehead atoms. The molecule has 2 aromatic carbocycles. The molecule has 1 aromatic heterocycles. The summed E-state index contributed by atoms with van der Waals surface area (Å²) in [4.78, 5) is 0. The van der Waals surface area contributed by atoms with Crippen molar-refractivity contribution >= 4 is 28.3 Å². The van der Waals surface area contributed by atoms with E-state index in [1.807, 2.05) is 24.3 Å². The lowest BCUT2D eigenvalue weighted by molar-refractivity contribution is 0.317. The van der Waals surface area contributed by atoms with Crippen LogP contribution >= 0.6 is 11.6 Å². The number of halogens is 1. The Kier molecular flexibility index (Phi) is 3.35. The van der Waals surface area contributed by atoms with E-state index in [4.69, 9.17) is 11.6 Å². The number of aromatic nitrogens is 3. The van der Waals surface area contributed by atoms with Crippen LogP contribution in [0.1, 0.15) is 5.56 Å². The smallest absolute Gasteiger partial charge is 0.113 e. The fraction of sp³-hybridized carbons (Fsp3) is 0.0714. The highest BCUT2D eigenvalue weighted by Crippen LogP contribution is 2.14. The van der Waals surface area contributed by atoms with Crippen molar-refractivity contribution < 1.29 is 5.21 Å².